The van der Waals surface area contributed by atoms with Gasteiger partial charge in [-0.25, -0.2) is 18.4 Å². The zero-order valence-electron chi connectivity index (χ0n) is 20.0. The third kappa shape index (κ3) is 4.79. The number of carbonyl (C=O) groups excluding carboxylic acids is 3. The molecule has 1 atom stereocenters. The molecule has 4 rings (SSSR count). The first-order chi connectivity index (χ1) is 18.1. The van der Waals surface area contributed by atoms with Gasteiger partial charge in [-0.3, -0.25) is 9.36 Å². The number of halogens is 4. The van der Waals surface area contributed by atoms with Crippen molar-refractivity contribution in [3.63, 3.8) is 0 Å². The van der Waals surface area contributed by atoms with Crippen LogP contribution >= 0.6 is 35.0 Å². The van der Waals surface area contributed by atoms with Crippen LogP contribution in [0.1, 0.15) is 45.5 Å². The van der Waals surface area contributed by atoms with E-state index in [4.69, 9.17) is 38.4 Å². The summed E-state index contributed by atoms with van der Waals surface area (Å²) in [4.78, 5) is 39.9. The monoisotopic (exact) mass is 580 g/mol. The summed E-state index contributed by atoms with van der Waals surface area (Å²) in [6.45, 7) is 3.04. The smallest absolute Gasteiger partial charge is 0.357 e. The van der Waals surface area contributed by atoms with Crippen molar-refractivity contribution in [1.29, 1.82) is 0 Å². The highest BCUT2D eigenvalue weighted by Crippen LogP contribution is 2.43. The van der Waals surface area contributed by atoms with Gasteiger partial charge >= 0.3 is 11.9 Å². The highest BCUT2D eigenvalue weighted by molar-refractivity contribution is 8.10. The van der Waals surface area contributed by atoms with Gasteiger partial charge in [-0.1, -0.05) is 47.1 Å². The number of carbonyl (C=O) groups is 3. The Kier molecular flexibility index (Phi) is 8.15. The van der Waals surface area contributed by atoms with Crippen molar-refractivity contribution in [1.82, 2.24) is 4.57 Å². The maximum absolute atomic E-state index is 14.9. The van der Waals surface area contributed by atoms with E-state index < -0.39 is 40.4 Å². The molecule has 2 N–H and O–H groups in total. The Bertz CT molecular complexity index is 1570. The number of hydrogen-bond acceptors (Lipinski definition) is 7. The van der Waals surface area contributed by atoms with Crippen LogP contribution in [0.3, 0.4) is 0 Å². The number of hydrogen-bond donors (Lipinski definition) is 1. The molecule has 12 heteroatoms. The molecule has 0 fully saturated rings. The van der Waals surface area contributed by atoms with Gasteiger partial charge in [0.1, 0.15) is 21.8 Å². The van der Waals surface area contributed by atoms with E-state index in [0.717, 1.165) is 16.7 Å². The van der Waals surface area contributed by atoms with Crippen LogP contribution in [0.4, 0.5) is 14.5 Å². The van der Waals surface area contributed by atoms with Crippen LogP contribution < -0.4 is 16.3 Å². The molecular formula is C26H20Cl2F2N2O5S. The molecule has 0 radical (unpaired) electrons. The average molecular weight is 581 g/mol. The number of benzene rings is 2. The van der Waals surface area contributed by atoms with E-state index in [2.05, 4.69) is 0 Å². The van der Waals surface area contributed by atoms with Crippen molar-refractivity contribution in [2.24, 2.45) is 0 Å². The molecule has 0 spiro atoms. The van der Waals surface area contributed by atoms with Gasteiger partial charge in [0.2, 0.25) is 5.91 Å². The van der Waals surface area contributed by atoms with Gasteiger partial charge in [-0.15, -0.1) is 0 Å². The van der Waals surface area contributed by atoms with Gasteiger partial charge in [0.25, 0.3) is 0 Å². The summed E-state index contributed by atoms with van der Waals surface area (Å²) < 4.78 is 40.9. The Hall–Kier alpha value is -3.34. The number of nitrogen functional groups attached to an aromatic ring is 1. The molecule has 3 aromatic rings. The predicted octanol–water partition coefficient (Wildman–Crippen LogP) is 4.46. The standard InChI is InChI=1S/C26H20Cl2F2N2O5S/c1-3-36-25(34)21-19(31)13(11-12-14(27)7-5-9-16(12)29)20-23(26(35)37-4-2)38-22(24(33)32(20)21)18-15(28)8-6-10-17(18)30/h5-11,22H,3-4,31H2,1-2H3/b13-11+/t22-/m1/s1. The van der Waals surface area contributed by atoms with Crippen molar-refractivity contribution in [3.05, 3.63) is 85.5 Å². The first-order valence-electron chi connectivity index (χ1n) is 11.3. The highest BCUT2D eigenvalue weighted by Gasteiger charge is 2.40. The number of aromatic nitrogens is 1. The number of nitrogens with two attached hydrogens (primary N) is 1. The van der Waals surface area contributed by atoms with E-state index in [1.165, 1.54) is 30.3 Å². The normalized spacial score (nSPS) is 15.4. The molecule has 0 saturated heterocycles. The summed E-state index contributed by atoms with van der Waals surface area (Å²) in [5.74, 6) is -4.17. The number of thioether (sulfide) groups is 1. The molecule has 0 amide bonds. The summed E-state index contributed by atoms with van der Waals surface area (Å²) in [7, 11) is 0. The second-order valence-electron chi connectivity index (χ2n) is 7.88. The fourth-order valence-electron chi connectivity index (χ4n) is 4.02. The predicted molar refractivity (Wildman–Crippen MR) is 141 cm³/mol. The van der Waals surface area contributed by atoms with Crippen molar-refractivity contribution in [2.45, 2.75) is 19.1 Å². The Balaban J connectivity index is 2.17. The Morgan fingerprint density at radius 3 is 2.24 bits per heavy atom. The molecule has 198 valence electrons. The maximum Gasteiger partial charge on any atom is 0.357 e. The molecule has 0 bridgehead atoms. The fourth-order valence-corrected chi connectivity index (χ4v) is 5.84. The van der Waals surface area contributed by atoms with Crippen molar-refractivity contribution in [2.75, 3.05) is 18.9 Å². The second kappa shape index (κ2) is 11.2. The number of fused-ring (bicyclic) bond motifs is 1. The number of ether oxygens (including phenoxy) is 2. The zero-order valence-corrected chi connectivity index (χ0v) is 22.3. The summed E-state index contributed by atoms with van der Waals surface area (Å²) in [5, 5.41) is -1.61. The lowest BCUT2D eigenvalue weighted by molar-refractivity contribution is -0.135. The lowest BCUT2D eigenvalue weighted by Gasteiger charge is -2.24. The summed E-state index contributed by atoms with van der Waals surface area (Å²) in [6.07, 6.45) is 1.23. The lowest BCUT2D eigenvalue weighted by atomic mass is 10.1. The molecular weight excluding hydrogens is 561 g/mol. The molecule has 2 aromatic carbocycles. The maximum atomic E-state index is 14.9. The molecule has 7 nitrogen and oxygen atoms in total. The Morgan fingerprint density at radius 2 is 1.63 bits per heavy atom. The van der Waals surface area contributed by atoms with Gasteiger partial charge in [-0.05, 0) is 44.2 Å². The SMILES string of the molecule is CCOC(=O)C1=c2/c(=C/c3c(F)cccc3Cl)c(N)c(C(=O)OCC)n2C(=O)[C@@H](c2c(F)cccc2Cl)S1. The Labute approximate surface area is 229 Å². The average Bonchev–Trinajstić information content (AvgIpc) is 3.15. The largest absolute Gasteiger partial charge is 0.462 e. The summed E-state index contributed by atoms with van der Waals surface area (Å²) >= 11 is 13.2. The molecule has 1 aliphatic heterocycles. The van der Waals surface area contributed by atoms with E-state index in [-0.39, 0.29) is 55.5 Å². The molecule has 0 unspecified atom stereocenters. The van der Waals surface area contributed by atoms with E-state index >= 15 is 0 Å². The molecule has 2 heterocycles. The minimum absolute atomic E-state index is 0.0190. The minimum atomic E-state index is -1.39. The van der Waals surface area contributed by atoms with Gasteiger partial charge in [0, 0.05) is 21.4 Å². The topological polar surface area (TPSA) is 101 Å². The summed E-state index contributed by atoms with van der Waals surface area (Å²) in [5.41, 5.74) is 5.39. The van der Waals surface area contributed by atoms with Crippen molar-refractivity contribution < 1.29 is 32.6 Å². The van der Waals surface area contributed by atoms with Crippen LogP contribution in [0.15, 0.2) is 36.4 Å². The fraction of sp³-hybridized carbons (Fsp3) is 0.192. The van der Waals surface area contributed by atoms with Gasteiger partial charge in [-0.2, -0.15) is 0 Å². The van der Waals surface area contributed by atoms with Crippen molar-refractivity contribution in [3.8, 4) is 0 Å². The highest BCUT2D eigenvalue weighted by atomic mass is 35.5. The van der Waals surface area contributed by atoms with Gasteiger partial charge in [0.05, 0.1) is 29.3 Å². The van der Waals surface area contributed by atoms with Crippen LogP contribution in [0.5, 0.6) is 0 Å². The number of anilines is 1. The van der Waals surface area contributed by atoms with E-state index in [1.54, 1.807) is 13.8 Å². The molecule has 0 aliphatic carbocycles. The molecule has 38 heavy (non-hydrogen) atoms. The lowest BCUT2D eigenvalue weighted by Crippen LogP contribution is -2.43. The van der Waals surface area contributed by atoms with Crippen LogP contribution in [0, 0.1) is 11.6 Å². The second-order valence-corrected chi connectivity index (χ2v) is 9.81. The zero-order chi connectivity index (χ0) is 27.7. The van der Waals surface area contributed by atoms with Crippen LogP contribution in [0.2, 0.25) is 10.0 Å². The Morgan fingerprint density at radius 1 is 1.03 bits per heavy atom. The van der Waals surface area contributed by atoms with Gasteiger partial charge in [0.15, 0.2) is 5.69 Å². The third-order valence-corrected chi connectivity index (χ3v) is 7.55. The van der Waals surface area contributed by atoms with Crippen LogP contribution in [0.25, 0.3) is 11.0 Å². The number of nitrogens with zero attached hydrogens (tertiary/aromatic N) is 1. The number of rotatable bonds is 6. The third-order valence-electron chi connectivity index (χ3n) is 5.62. The number of esters is 2. The van der Waals surface area contributed by atoms with Gasteiger partial charge < -0.3 is 15.2 Å². The van der Waals surface area contributed by atoms with E-state index in [1.807, 2.05) is 0 Å². The molecule has 1 aliphatic rings. The minimum Gasteiger partial charge on any atom is -0.462 e. The molecule has 0 saturated carbocycles. The van der Waals surface area contributed by atoms with Crippen molar-refractivity contribution >= 4 is 69.5 Å². The first kappa shape index (κ1) is 27.7. The van der Waals surface area contributed by atoms with E-state index in [9.17, 15) is 23.2 Å². The first-order valence-corrected chi connectivity index (χ1v) is 12.9. The summed E-state index contributed by atoms with van der Waals surface area (Å²) in [6, 6.07) is 7.87. The molecule has 1 aromatic heterocycles. The van der Waals surface area contributed by atoms with Crippen LogP contribution in [-0.4, -0.2) is 35.6 Å². The quantitative estimate of drug-likeness (QED) is 0.429. The van der Waals surface area contributed by atoms with Crippen LogP contribution in [-0.2, 0) is 14.3 Å². The van der Waals surface area contributed by atoms with E-state index in [0.29, 0.717) is 11.8 Å².